The van der Waals surface area contributed by atoms with Gasteiger partial charge in [0.1, 0.15) is 5.75 Å². The van der Waals surface area contributed by atoms with Crippen LogP contribution in [0.25, 0.3) is 11.3 Å². The minimum Gasteiger partial charge on any atom is -0.497 e. The number of sulfonamides is 1. The third kappa shape index (κ3) is 4.98. The first-order chi connectivity index (χ1) is 13.2. The van der Waals surface area contributed by atoms with Crippen molar-refractivity contribution >= 4 is 44.0 Å². The van der Waals surface area contributed by atoms with E-state index in [1.165, 1.54) is 29.7 Å². The van der Waals surface area contributed by atoms with Crippen molar-refractivity contribution < 1.29 is 13.2 Å². The lowest BCUT2D eigenvalue weighted by molar-refractivity contribution is 0.415. The Bertz CT molecular complexity index is 1160. The molecule has 0 N–H and O–H groups in total. The van der Waals surface area contributed by atoms with Gasteiger partial charge in [0.2, 0.25) is 10.0 Å². The van der Waals surface area contributed by atoms with E-state index >= 15 is 0 Å². The summed E-state index contributed by atoms with van der Waals surface area (Å²) in [6, 6.07) is 12.9. The maximum Gasteiger partial charge on any atom is 0.242 e. The molecule has 29 heavy (non-hydrogen) atoms. The number of hydrogen-bond donors (Lipinski definition) is 0. The van der Waals surface area contributed by atoms with E-state index in [9.17, 15) is 8.42 Å². The molecule has 0 fully saturated rings. The lowest BCUT2D eigenvalue weighted by Crippen LogP contribution is -2.22. The topological polar surface area (TPSA) is 63.9 Å². The van der Waals surface area contributed by atoms with Crippen molar-refractivity contribution in [1.29, 1.82) is 0 Å². The van der Waals surface area contributed by atoms with Gasteiger partial charge < -0.3 is 9.30 Å². The van der Waals surface area contributed by atoms with Gasteiger partial charge in [-0.05, 0) is 55.0 Å². The Labute approximate surface area is 185 Å². The highest BCUT2D eigenvalue weighted by Crippen LogP contribution is 2.26. The van der Waals surface area contributed by atoms with Crippen LogP contribution in [0, 0.1) is 6.92 Å². The largest absolute Gasteiger partial charge is 0.497 e. The van der Waals surface area contributed by atoms with Crippen LogP contribution in [0.5, 0.6) is 5.75 Å². The predicted molar refractivity (Wildman–Crippen MR) is 123 cm³/mol. The summed E-state index contributed by atoms with van der Waals surface area (Å²) in [5.74, 6) is 0.782. The second-order valence-corrected chi connectivity index (χ2v) is 9.58. The molecule has 1 heterocycles. The van der Waals surface area contributed by atoms with E-state index in [0.29, 0.717) is 0 Å². The van der Waals surface area contributed by atoms with Crippen molar-refractivity contribution in [1.82, 2.24) is 8.87 Å². The Morgan fingerprint density at radius 1 is 1.10 bits per heavy atom. The second kappa shape index (κ2) is 9.25. The summed E-state index contributed by atoms with van der Waals surface area (Å²) >= 11 is 1.51. The summed E-state index contributed by atoms with van der Waals surface area (Å²) in [5.41, 5.74) is 3.47. The van der Waals surface area contributed by atoms with Crippen molar-refractivity contribution in [2.45, 2.75) is 11.8 Å². The van der Waals surface area contributed by atoms with Gasteiger partial charge in [-0.2, -0.15) is 0 Å². The molecular formula is C20H24BrN3O3S2. The van der Waals surface area contributed by atoms with Crippen LogP contribution < -0.4 is 9.54 Å². The third-order valence-corrected chi connectivity index (χ3v) is 7.06. The van der Waals surface area contributed by atoms with E-state index in [4.69, 9.17) is 4.74 Å². The molecule has 2 aromatic carbocycles. The van der Waals surface area contributed by atoms with Crippen LogP contribution in [0.2, 0.25) is 0 Å². The Balaban J connectivity index is 0.00000300. The Hall–Kier alpha value is -1.94. The second-order valence-electron chi connectivity index (χ2n) is 6.59. The fraction of sp³-hybridized carbons (Fsp3) is 0.250. The molecule has 9 heteroatoms. The number of halogens is 1. The molecule has 0 aliphatic heterocycles. The number of hydrogen-bond acceptors (Lipinski definition) is 5. The molecule has 156 valence electrons. The van der Waals surface area contributed by atoms with Gasteiger partial charge in [0.05, 0.1) is 23.4 Å². The van der Waals surface area contributed by atoms with E-state index < -0.39 is 10.0 Å². The van der Waals surface area contributed by atoms with E-state index in [1.807, 2.05) is 54.3 Å². The Morgan fingerprint density at radius 3 is 2.34 bits per heavy atom. The minimum absolute atomic E-state index is 0. The van der Waals surface area contributed by atoms with Crippen LogP contribution in [-0.2, 0) is 17.1 Å². The summed E-state index contributed by atoms with van der Waals surface area (Å²) in [4.78, 5) is 5.79. The SMILES string of the molecule is Br.COc1ccc(/N=c2/scc(-c3cc(C)cc(S(=O)(=O)N(C)C)c3)n2C)cc1. The van der Waals surface area contributed by atoms with Gasteiger partial charge in [-0.25, -0.2) is 17.7 Å². The van der Waals surface area contributed by atoms with Gasteiger partial charge in [-0.3, -0.25) is 0 Å². The van der Waals surface area contributed by atoms with Gasteiger partial charge in [-0.1, -0.05) is 0 Å². The van der Waals surface area contributed by atoms with Gasteiger partial charge >= 0.3 is 0 Å². The molecule has 0 aliphatic carbocycles. The van der Waals surface area contributed by atoms with E-state index in [2.05, 4.69) is 4.99 Å². The van der Waals surface area contributed by atoms with E-state index in [-0.39, 0.29) is 21.9 Å². The molecule has 6 nitrogen and oxygen atoms in total. The standard InChI is InChI=1S/C20H23N3O3S2.BrH/c1-14-10-15(12-18(11-14)28(24,25)22(2)3)19-13-27-20(23(19)4)21-16-6-8-17(26-5)9-7-16;/h6-13H,1-5H3;1H/b21-20+;. The molecule has 0 unspecified atom stereocenters. The summed E-state index contributed by atoms with van der Waals surface area (Å²) in [7, 11) is 3.13. The molecule has 0 radical (unpaired) electrons. The Morgan fingerprint density at radius 2 is 1.76 bits per heavy atom. The highest BCUT2D eigenvalue weighted by atomic mass is 79.9. The smallest absolute Gasteiger partial charge is 0.242 e. The molecule has 0 aliphatic rings. The fourth-order valence-corrected chi connectivity index (χ4v) is 4.71. The summed E-state index contributed by atoms with van der Waals surface area (Å²) in [6.07, 6.45) is 0. The summed E-state index contributed by atoms with van der Waals surface area (Å²) in [5, 5.41) is 1.99. The monoisotopic (exact) mass is 497 g/mol. The first-order valence-corrected chi connectivity index (χ1v) is 10.9. The average Bonchev–Trinajstić information content (AvgIpc) is 3.02. The fourth-order valence-electron chi connectivity index (χ4n) is 2.76. The van der Waals surface area contributed by atoms with Crippen LogP contribution >= 0.6 is 28.3 Å². The van der Waals surface area contributed by atoms with Crippen LogP contribution in [-0.4, -0.2) is 38.5 Å². The number of nitrogens with zero attached hydrogens (tertiary/aromatic N) is 3. The zero-order valence-corrected chi connectivity index (χ0v) is 20.3. The van der Waals surface area contributed by atoms with Gasteiger partial charge in [0.15, 0.2) is 4.80 Å². The van der Waals surface area contributed by atoms with E-state index in [0.717, 1.165) is 33.1 Å². The first kappa shape index (κ1) is 23.3. The highest BCUT2D eigenvalue weighted by Gasteiger charge is 2.19. The maximum atomic E-state index is 12.5. The van der Waals surface area contributed by atoms with Crippen molar-refractivity contribution in [3.8, 4) is 17.0 Å². The summed E-state index contributed by atoms with van der Waals surface area (Å²) < 4.78 is 33.5. The number of methoxy groups -OCH3 is 1. The number of benzene rings is 2. The quantitative estimate of drug-likeness (QED) is 0.532. The van der Waals surface area contributed by atoms with Crippen molar-refractivity contribution in [2.75, 3.05) is 21.2 Å². The van der Waals surface area contributed by atoms with Gasteiger partial charge in [-0.15, -0.1) is 28.3 Å². The molecule has 1 aromatic heterocycles. The molecule has 0 saturated heterocycles. The first-order valence-electron chi connectivity index (χ1n) is 8.60. The molecule has 0 atom stereocenters. The normalized spacial score (nSPS) is 12.1. The van der Waals surface area contributed by atoms with Crippen molar-refractivity contribution in [2.24, 2.45) is 12.0 Å². The number of aryl methyl sites for hydroxylation is 1. The average molecular weight is 498 g/mol. The lowest BCUT2D eigenvalue weighted by Gasteiger charge is -2.13. The number of rotatable bonds is 5. The molecular weight excluding hydrogens is 474 g/mol. The van der Waals surface area contributed by atoms with Crippen LogP contribution in [0.1, 0.15) is 5.56 Å². The minimum atomic E-state index is -3.50. The maximum absolute atomic E-state index is 12.5. The molecule has 0 amide bonds. The molecule has 3 aromatic rings. The van der Waals surface area contributed by atoms with Gasteiger partial charge in [0.25, 0.3) is 0 Å². The number of aromatic nitrogens is 1. The van der Waals surface area contributed by atoms with Crippen LogP contribution in [0.15, 0.2) is 57.7 Å². The number of ether oxygens (including phenoxy) is 1. The number of thiazole rings is 1. The lowest BCUT2D eigenvalue weighted by atomic mass is 10.1. The van der Waals surface area contributed by atoms with Gasteiger partial charge in [0, 0.05) is 32.1 Å². The molecule has 3 rings (SSSR count). The third-order valence-electron chi connectivity index (χ3n) is 4.35. The molecule has 0 saturated carbocycles. The predicted octanol–water partition coefficient (Wildman–Crippen LogP) is 4.13. The van der Waals surface area contributed by atoms with Crippen molar-refractivity contribution in [3.63, 3.8) is 0 Å². The zero-order chi connectivity index (χ0) is 20.5. The van der Waals surface area contributed by atoms with E-state index in [1.54, 1.807) is 19.2 Å². The molecule has 0 spiro atoms. The highest BCUT2D eigenvalue weighted by molar-refractivity contribution is 8.93. The summed E-state index contributed by atoms with van der Waals surface area (Å²) in [6.45, 7) is 1.90. The van der Waals surface area contributed by atoms with Crippen molar-refractivity contribution in [3.05, 3.63) is 58.2 Å². The van der Waals surface area contributed by atoms with Crippen LogP contribution in [0.3, 0.4) is 0 Å². The van der Waals surface area contributed by atoms with Crippen LogP contribution in [0.4, 0.5) is 5.69 Å². The Kier molecular flexibility index (Phi) is 7.45. The zero-order valence-electron chi connectivity index (χ0n) is 16.9. The molecule has 0 bridgehead atoms.